The van der Waals surface area contributed by atoms with Gasteiger partial charge in [-0.3, -0.25) is 14.4 Å². The number of aromatic nitrogens is 1. The fourth-order valence-electron chi connectivity index (χ4n) is 5.34. The molecule has 2 amide bonds. The highest BCUT2D eigenvalue weighted by molar-refractivity contribution is 5.92. The van der Waals surface area contributed by atoms with Crippen molar-refractivity contribution >= 4 is 11.8 Å². The van der Waals surface area contributed by atoms with Crippen LogP contribution in [0.15, 0.2) is 34.7 Å². The predicted octanol–water partition coefficient (Wildman–Crippen LogP) is 4.94. The second-order valence-electron chi connectivity index (χ2n) is 10.2. The molecule has 7 nitrogen and oxygen atoms in total. The van der Waals surface area contributed by atoms with Crippen LogP contribution < -0.4 is 5.48 Å². The molecule has 0 radical (unpaired) electrons. The minimum atomic E-state index is -0.468. The van der Waals surface area contributed by atoms with E-state index in [2.05, 4.69) is 10.5 Å². The van der Waals surface area contributed by atoms with Gasteiger partial charge in [0.25, 0.3) is 5.91 Å². The highest BCUT2D eigenvalue weighted by Gasteiger charge is 2.59. The number of carbonyl (C=O) groups is 2. The van der Waals surface area contributed by atoms with E-state index in [1.807, 2.05) is 30.3 Å². The van der Waals surface area contributed by atoms with E-state index in [0.717, 1.165) is 24.3 Å². The van der Waals surface area contributed by atoms with Crippen molar-refractivity contribution in [3.05, 3.63) is 53.2 Å². The average molecular weight is 468 g/mol. The normalized spacial score (nSPS) is 22.4. The zero-order chi connectivity index (χ0) is 24.1. The molecule has 1 aromatic heterocycles. The molecular formula is C27H37N3O4. The minimum Gasteiger partial charge on any atom is -0.445 e. The number of benzene rings is 1. The van der Waals surface area contributed by atoms with E-state index in [1.54, 1.807) is 21.0 Å². The second kappa shape index (κ2) is 10.7. The van der Waals surface area contributed by atoms with Gasteiger partial charge in [0.15, 0.2) is 5.69 Å². The number of carbonyl (C=O) groups excluding carboxylic acids is 2. The lowest BCUT2D eigenvalue weighted by molar-refractivity contribution is -0.135. The van der Waals surface area contributed by atoms with Crippen molar-refractivity contribution in [1.29, 1.82) is 0 Å². The first-order valence-corrected chi connectivity index (χ1v) is 12.5. The molecule has 1 heterocycles. The molecule has 2 aliphatic carbocycles. The van der Waals surface area contributed by atoms with Crippen LogP contribution in [0.25, 0.3) is 0 Å². The molecule has 0 saturated heterocycles. The third-order valence-corrected chi connectivity index (χ3v) is 7.46. The van der Waals surface area contributed by atoms with Gasteiger partial charge in [-0.2, -0.15) is 0 Å². The number of hydroxylamine groups is 1. The van der Waals surface area contributed by atoms with Gasteiger partial charge in [0.1, 0.15) is 5.76 Å². The van der Waals surface area contributed by atoms with E-state index >= 15 is 0 Å². The van der Waals surface area contributed by atoms with E-state index in [9.17, 15) is 9.59 Å². The Balaban J connectivity index is 1.43. The van der Waals surface area contributed by atoms with Crippen LogP contribution in [0, 0.1) is 18.8 Å². The van der Waals surface area contributed by atoms with Gasteiger partial charge in [0.05, 0.1) is 12.0 Å². The monoisotopic (exact) mass is 467 g/mol. The number of oxazole rings is 1. The highest BCUT2D eigenvalue weighted by atomic mass is 16.6. The Morgan fingerprint density at radius 1 is 1.15 bits per heavy atom. The summed E-state index contributed by atoms with van der Waals surface area (Å²) >= 11 is 0. The Bertz CT molecular complexity index is 981. The van der Waals surface area contributed by atoms with Gasteiger partial charge in [-0.05, 0) is 37.2 Å². The van der Waals surface area contributed by atoms with Crippen molar-refractivity contribution in [2.24, 2.45) is 11.8 Å². The van der Waals surface area contributed by atoms with Crippen molar-refractivity contribution in [2.75, 3.05) is 14.1 Å². The molecule has 2 saturated carbocycles. The Hall–Kier alpha value is -2.67. The zero-order valence-corrected chi connectivity index (χ0v) is 20.6. The van der Waals surface area contributed by atoms with Crippen molar-refractivity contribution in [3.8, 4) is 0 Å². The third kappa shape index (κ3) is 5.69. The maximum atomic E-state index is 12.9. The van der Waals surface area contributed by atoms with Crippen molar-refractivity contribution in [3.63, 3.8) is 0 Å². The van der Waals surface area contributed by atoms with E-state index in [4.69, 9.17) is 9.25 Å². The lowest BCUT2D eigenvalue weighted by Gasteiger charge is -2.22. The van der Waals surface area contributed by atoms with E-state index < -0.39 is 5.41 Å². The number of aryl methyl sites for hydroxylation is 1. The Morgan fingerprint density at radius 3 is 2.59 bits per heavy atom. The maximum absolute atomic E-state index is 12.9. The first-order valence-electron chi connectivity index (χ1n) is 12.5. The topological polar surface area (TPSA) is 84.7 Å². The van der Waals surface area contributed by atoms with Crippen LogP contribution in [0.5, 0.6) is 0 Å². The van der Waals surface area contributed by atoms with Crippen molar-refractivity contribution in [2.45, 2.75) is 76.7 Å². The Morgan fingerprint density at radius 2 is 1.88 bits per heavy atom. The van der Waals surface area contributed by atoms with E-state index in [-0.39, 0.29) is 18.2 Å². The number of hydrogen-bond donors (Lipinski definition) is 1. The number of nitrogens with zero attached hydrogens (tertiary/aromatic N) is 2. The molecule has 1 aromatic carbocycles. The van der Waals surface area contributed by atoms with Crippen LogP contribution in [-0.2, 0) is 21.7 Å². The summed E-state index contributed by atoms with van der Waals surface area (Å²) in [6.45, 7) is 2.08. The summed E-state index contributed by atoms with van der Waals surface area (Å²) in [7, 11) is 3.40. The van der Waals surface area contributed by atoms with E-state index in [1.165, 1.54) is 43.4 Å². The van der Waals surface area contributed by atoms with Crippen LogP contribution in [-0.4, -0.2) is 35.8 Å². The molecule has 1 N–H and O–H groups in total. The fourth-order valence-corrected chi connectivity index (χ4v) is 5.34. The molecule has 2 fully saturated rings. The first kappa shape index (κ1) is 24.5. The lowest BCUT2D eigenvalue weighted by Crippen LogP contribution is -2.29. The van der Waals surface area contributed by atoms with Crippen molar-refractivity contribution in [1.82, 2.24) is 15.4 Å². The van der Waals surface area contributed by atoms with Crippen molar-refractivity contribution < 1.29 is 18.8 Å². The molecule has 184 valence electrons. The number of hydrogen-bond acceptors (Lipinski definition) is 5. The predicted molar refractivity (Wildman–Crippen MR) is 129 cm³/mol. The van der Waals surface area contributed by atoms with Crippen LogP contribution in [0.1, 0.15) is 85.5 Å². The average Bonchev–Trinajstić information content (AvgIpc) is 3.39. The molecule has 1 unspecified atom stereocenters. The van der Waals surface area contributed by atoms with Gasteiger partial charge in [-0.25, -0.2) is 10.5 Å². The van der Waals surface area contributed by atoms with Crippen LogP contribution in [0.3, 0.4) is 0 Å². The molecule has 4 rings (SSSR count). The third-order valence-electron chi connectivity index (χ3n) is 7.46. The summed E-state index contributed by atoms with van der Waals surface area (Å²) in [5.41, 5.74) is 3.46. The number of amides is 2. The molecule has 0 bridgehead atoms. The van der Waals surface area contributed by atoms with E-state index in [0.29, 0.717) is 29.9 Å². The fraction of sp³-hybridized carbons (Fsp3) is 0.593. The molecule has 2 aliphatic rings. The molecule has 0 spiro atoms. The van der Waals surface area contributed by atoms with Gasteiger partial charge >= 0.3 is 0 Å². The number of nitrogens with one attached hydrogen (secondary N) is 1. The van der Waals surface area contributed by atoms with Crippen LogP contribution >= 0.6 is 0 Å². The Labute approximate surface area is 202 Å². The molecule has 7 heteroatoms. The maximum Gasteiger partial charge on any atom is 0.275 e. The molecule has 2 atom stereocenters. The summed E-state index contributed by atoms with van der Waals surface area (Å²) in [6.07, 6.45) is 9.97. The van der Waals surface area contributed by atoms with Crippen LogP contribution in [0.4, 0.5) is 0 Å². The summed E-state index contributed by atoms with van der Waals surface area (Å²) in [5, 5.41) is 0. The summed E-state index contributed by atoms with van der Waals surface area (Å²) in [5.74, 6) is 1.76. The smallest absolute Gasteiger partial charge is 0.275 e. The summed E-state index contributed by atoms with van der Waals surface area (Å²) < 4.78 is 6.03. The quantitative estimate of drug-likeness (QED) is 0.500. The highest BCUT2D eigenvalue weighted by Crippen LogP contribution is 2.59. The zero-order valence-electron chi connectivity index (χ0n) is 20.6. The Kier molecular flexibility index (Phi) is 7.71. The number of rotatable bonds is 10. The SMILES string of the molecule is Cc1oc(C2(CC(=O)NOCc3ccccc3)C[C@H]2CCC2CCCCC2)nc1C(=O)N(C)C. The molecule has 34 heavy (non-hydrogen) atoms. The summed E-state index contributed by atoms with van der Waals surface area (Å²) in [6, 6.07) is 9.73. The molecule has 0 aliphatic heterocycles. The first-order chi connectivity index (χ1) is 16.4. The molecular weight excluding hydrogens is 430 g/mol. The minimum absolute atomic E-state index is 0.183. The van der Waals surface area contributed by atoms with Gasteiger partial charge < -0.3 is 9.32 Å². The van der Waals surface area contributed by atoms with Gasteiger partial charge in [0.2, 0.25) is 11.8 Å². The van der Waals surface area contributed by atoms with Crippen LogP contribution in [0.2, 0.25) is 0 Å². The largest absolute Gasteiger partial charge is 0.445 e. The van der Waals surface area contributed by atoms with Gasteiger partial charge in [-0.15, -0.1) is 0 Å². The van der Waals surface area contributed by atoms with Gasteiger partial charge in [0, 0.05) is 20.5 Å². The molecule has 2 aromatic rings. The summed E-state index contributed by atoms with van der Waals surface area (Å²) in [4.78, 5) is 37.0. The standard InChI is InChI=1S/C27H37N3O4/c1-19-24(25(32)30(2)3)28-26(34-19)27(16-22(27)15-14-20-10-6-4-7-11-20)17-23(31)29-33-18-21-12-8-5-9-13-21/h5,8-9,12-13,20,22H,4,6-7,10-11,14-18H2,1-3H3,(H,29,31)/t22-,27?/m1/s1. The van der Waals surface area contributed by atoms with Gasteiger partial charge in [-0.1, -0.05) is 68.9 Å². The lowest BCUT2D eigenvalue weighted by atomic mass is 9.84. The second-order valence-corrected chi connectivity index (χ2v) is 10.2.